The van der Waals surface area contributed by atoms with Crippen LogP contribution in [0.5, 0.6) is 0 Å². The van der Waals surface area contributed by atoms with Crippen LogP contribution in [0.15, 0.2) is 6.20 Å². The van der Waals surface area contributed by atoms with Crippen LogP contribution in [0.1, 0.15) is 24.4 Å². The zero-order valence-corrected chi connectivity index (χ0v) is 11.9. The molecule has 4 N–H and O–H groups in total. The van der Waals surface area contributed by atoms with E-state index in [4.69, 9.17) is 19.6 Å². The Morgan fingerprint density at radius 3 is 2.42 bits per heavy atom. The quantitative estimate of drug-likeness (QED) is 0.593. The highest BCUT2D eigenvalue weighted by molar-refractivity contribution is 7.70. The molecule has 10 heteroatoms. The average Bonchev–Trinajstić information content (AvgIpc) is 2.66. The molecule has 0 spiro atoms. The summed E-state index contributed by atoms with van der Waals surface area (Å²) in [6.07, 6.45) is 3.76. The van der Waals surface area contributed by atoms with Crippen molar-refractivity contribution >= 4 is 15.2 Å². The molecule has 0 fully saturated rings. The van der Waals surface area contributed by atoms with Gasteiger partial charge in [-0.25, -0.2) is 4.98 Å². The van der Waals surface area contributed by atoms with E-state index in [0.29, 0.717) is 12.2 Å². The van der Waals surface area contributed by atoms with Crippen LogP contribution in [0, 0.1) is 0 Å². The minimum atomic E-state index is -4.88. The van der Waals surface area contributed by atoms with Crippen LogP contribution in [-0.4, -0.2) is 34.5 Å². The van der Waals surface area contributed by atoms with Gasteiger partial charge in [0.15, 0.2) is 5.40 Å². The third-order valence-corrected chi connectivity index (χ3v) is 6.94. The Balaban J connectivity index is 2.30. The summed E-state index contributed by atoms with van der Waals surface area (Å²) < 4.78 is 24.3. The highest BCUT2D eigenvalue weighted by atomic mass is 31.2. The summed E-state index contributed by atoms with van der Waals surface area (Å²) >= 11 is 0. The molecule has 0 radical (unpaired) electrons. The Labute approximate surface area is 109 Å². The predicted octanol–water partition coefficient (Wildman–Crippen LogP) is 0.443. The van der Waals surface area contributed by atoms with Gasteiger partial charge in [-0.15, -0.1) is 0 Å². The van der Waals surface area contributed by atoms with Gasteiger partial charge in [0.25, 0.3) is 0 Å². The zero-order chi connectivity index (χ0) is 14.3. The van der Waals surface area contributed by atoms with Crippen LogP contribution in [0.4, 0.5) is 0 Å². The maximum absolute atomic E-state index is 11.2. The number of hydrogen-bond donors (Lipinski definition) is 4. The first-order valence-corrected chi connectivity index (χ1v) is 9.19. The summed E-state index contributed by atoms with van der Waals surface area (Å²) in [6.45, 7) is 0.666. The number of rotatable bonds is 4. The summed E-state index contributed by atoms with van der Waals surface area (Å²) in [5.41, 5.74) is 0.464. The monoisotopic (exact) mass is 310 g/mol. The minimum Gasteiger partial charge on any atom is -0.332 e. The van der Waals surface area contributed by atoms with Crippen molar-refractivity contribution in [3.8, 4) is 0 Å². The van der Waals surface area contributed by atoms with Gasteiger partial charge in [0.1, 0.15) is 5.82 Å². The Morgan fingerprint density at radius 2 is 1.84 bits per heavy atom. The molecule has 0 bridgehead atoms. The Morgan fingerprint density at radius 1 is 1.21 bits per heavy atom. The van der Waals surface area contributed by atoms with Gasteiger partial charge in [-0.05, 0) is 12.8 Å². The topological polar surface area (TPSA) is 133 Å². The van der Waals surface area contributed by atoms with Crippen molar-refractivity contribution in [1.82, 2.24) is 9.55 Å². The van der Waals surface area contributed by atoms with Crippen LogP contribution in [0.2, 0.25) is 0 Å². The van der Waals surface area contributed by atoms with E-state index in [1.807, 2.05) is 0 Å². The van der Waals surface area contributed by atoms with Crippen molar-refractivity contribution in [2.24, 2.45) is 0 Å². The highest BCUT2D eigenvalue weighted by Gasteiger charge is 2.43. The summed E-state index contributed by atoms with van der Waals surface area (Å²) in [7, 11) is -9.76. The Kier molecular flexibility index (Phi) is 4.02. The Bertz CT molecular complexity index is 537. The third-order valence-electron chi connectivity index (χ3n) is 3.22. The molecule has 1 aromatic heterocycles. The maximum atomic E-state index is 11.2. The molecule has 1 aliphatic rings. The van der Waals surface area contributed by atoms with Crippen molar-refractivity contribution in [2.75, 3.05) is 0 Å². The third kappa shape index (κ3) is 3.34. The maximum Gasteiger partial charge on any atom is 0.341 e. The molecule has 0 atom stereocenters. The predicted molar refractivity (Wildman–Crippen MR) is 66.7 cm³/mol. The fourth-order valence-electron chi connectivity index (χ4n) is 2.26. The van der Waals surface area contributed by atoms with Crippen LogP contribution >= 0.6 is 15.2 Å². The van der Waals surface area contributed by atoms with Gasteiger partial charge in [-0.2, -0.15) is 0 Å². The van der Waals surface area contributed by atoms with E-state index in [2.05, 4.69) is 4.98 Å². The lowest BCUT2D eigenvalue weighted by Crippen LogP contribution is -2.18. The van der Waals surface area contributed by atoms with Gasteiger partial charge >= 0.3 is 15.2 Å². The summed E-state index contributed by atoms with van der Waals surface area (Å²) in [5, 5.41) is -2.00. The molecule has 2 heterocycles. The molecular weight excluding hydrogens is 294 g/mol. The molecule has 0 saturated carbocycles. The normalized spacial score (nSPS) is 16.7. The molecule has 0 aromatic carbocycles. The second kappa shape index (κ2) is 5.13. The highest BCUT2D eigenvalue weighted by Crippen LogP contribution is 2.60. The fourth-order valence-corrected chi connectivity index (χ4v) is 4.68. The zero-order valence-electron chi connectivity index (χ0n) is 10.1. The minimum absolute atomic E-state index is 0.373. The van der Waals surface area contributed by atoms with Crippen molar-refractivity contribution in [3.63, 3.8) is 0 Å². The lowest BCUT2D eigenvalue weighted by molar-refractivity contribution is 0.337. The lowest BCUT2D eigenvalue weighted by atomic mass is 10.1. The first-order valence-electron chi connectivity index (χ1n) is 5.83. The molecule has 0 saturated heterocycles. The summed E-state index contributed by atoms with van der Waals surface area (Å²) in [6, 6.07) is 0. The van der Waals surface area contributed by atoms with Crippen molar-refractivity contribution in [3.05, 3.63) is 17.7 Å². The van der Waals surface area contributed by atoms with Crippen LogP contribution < -0.4 is 0 Å². The van der Waals surface area contributed by atoms with E-state index in [9.17, 15) is 9.13 Å². The number of aryl methyl sites for hydroxylation is 1. The second-order valence-corrected chi connectivity index (χ2v) is 8.65. The lowest BCUT2D eigenvalue weighted by Gasteiger charge is -2.21. The number of hydrogen-bond acceptors (Lipinski definition) is 3. The first-order chi connectivity index (χ1) is 8.69. The summed E-state index contributed by atoms with van der Waals surface area (Å²) in [4.78, 5) is 40.6. The van der Waals surface area contributed by atoms with Gasteiger partial charge in [-0.3, -0.25) is 9.13 Å². The average molecular weight is 310 g/mol. The molecule has 0 unspecified atom stereocenters. The molecule has 0 aliphatic carbocycles. The van der Waals surface area contributed by atoms with E-state index in [1.165, 1.54) is 6.20 Å². The van der Waals surface area contributed by atoms with Gasteiger partial charge in [0.2, 0.25) is 0 Å². The van der Waals surface area contributed by atoms with Gasteiger partial charge < -0.3 is 24.1 Å². The Hall–Kier alpha value is -0.490. The van der Waals surface area contributed by atoms with Gasteiger partial charge in [0.05, 0.1) is 0 Å². The molecule has 2 rings (SSSR count). The molecule has 1 aliphatic heterocycles. The van der Waals surface area contributed by atoms with E-state index in [0.717, 1.165) is 25.1 Å². The first kappa shape index (κ1) is 14.9. The van der Waals surface area contributed by atoms with Crippen LogP contribution in [-0.2, 0) is 28.5 Å². The summed E-state index contributed by atoms with van der Waals surface area (Å²) in [5.74, 6) is 0.802. The molecule has 8 nitrogen and oxygen atoms in total. The molecule has 19 heavy (non-hydrogen) atoms. The van der Waals surface area contributed by atoms with E-state index in [1.54, 1.807) is 4.57 Å². The van der Waals surface area contributed by atoms with Crippen molar-refractivity contribution < 1.29 is 28.7 Å². The van der Waals surface area contributed by atoms with E-state index in [-0.39, 0.29) is 6.42 Å². The van der Waals surface area contributed by atoms with Crippen LogP contribution in [0.3, 0.4) is 0 Å². The number of nitrogens with zero attached hydrogens (tertiary/aromatic N) is 2. The van der Waals surface area contributed by atoms with Crippen molar-refractivity contribution in [2.45, 2.75) is 37.6 Å². The molecule has 108 valence electrons. The fraction of sp³-hybridized carbons (Fsp3) is 0.667. The van der Waals surface area contributed by atoms with Gasteiger partial charge in [0, 0.05) is 31.3 Å². The standard InChI is InChI=1S/C9H16N2O6P2/c12-18(13,14)9(19(15,16)17)5-7-6-10-8-3-1-2-4-11(7)8/h6,9H,1-5H2,(H2,12,13,14)(H2,15,16,17). The molecular formula is C9H16N2O6P2. The largest absolute Gasteiger partial charge is 0.341 e. The van der Waals surface area contributed by atoms with E-state index < -0.39 is 20.6 Å². The number of imidazole rings is 1. The van der Waals surface area contributed by atoms with E-state index >= 15 is 0 Å². The second-order valence-electron chi connectivity index (χ2n) is 4.64. The molecule has 0 amide bonds. The van der Waals surface area contributed by atoms with Crippen molar-refractivity contribution in [1.29, 1.82) is 0 Å². The number of aromatic nitrogens is 2. The SMILES string of the molecule is O=P(O)(O)C(Cc1cnc2n1CCCC2)P(=O)(O)O. The molecule has 1 aromatic rings. The van der Waals surface area contributed by atoms with Crippen LogP contribution in [0.25, 0.3) is 0 Å². The smallest absolute Gasteiger partial charge is 0.332 e. The van der Waals surface area contributed by atoms with Gasteiger partial charge in [-0.1, -0.05) is 0 Å². The number of fused-ring (bicyclic) bond motifs is 1.